The molecule has 0 heterocycles. The highest BCUT2D eigenvalue weighted by Crippen LogP contribution is 2.29. The van der Waals surface area contributed by atoms with Gasteiger partial charge in [0.05, 0.1) is 24.1 Å². The summed E-state index contributed by atoms with van der Waals surface area (Å²) in [4.78, 5) is 11.3. The molecule has 0 aliphatic heterocycles. The van der Waals surface area contributed by atoms with Gasteiger partial charge in [-0.2, -0.15) is 5.10 Å². The number of carboxylic acid groups (broad SMARTS) is 1. The lowest BCUT2D eigenvalue weighted by Crippen LogP contribution is -2.02. The van der Waals surface area contributed by atoms with Gasteiger partial charge in [-0.1, -0.05) is 42.5 Å². The minimum atomic E-state index is -1.01. The Morgan fingerprint density at radius 1 is 1.00 bits per heavy atom. The highest BCUT2D eigenvalue weighted by molar-refractivity contribution is 5.94. The van der Waals surface area contributed by atoms with Crippen LogP contribution in [0.5, 0.6) is 11.5 Å². The molecule has 29 heavy (non-hydrogen) atoms. The second kappa shape index (κ2) is 9.94. The van der Waals surface area contributed by atoms with Gasteiger partial charge in [0.25, 0.3) is 0 Å². The first-order chi connectivity index (χ1) is 14.2. The van der Waals surface area contributed by atoms with Crippen molar-refractivity contribution >= 4 is 17.9 Å². The van der Waals surface area contributed by atoms with Crippen LogP contribution in [-0.4, -0.2) is 23.9 Å². The van der Waals surface area contributed by atoms with E-state index in [1.54, 1.807) is 24.4 Å². The normalized spacial score (nSPS) is 10.7. The molecule has 0 bridgehead atoms. The third-order valence-electron chi connectivity index (χ3n) is 4.06. The van der Waals surface area contributed by atoms with Crippen LogP contribution in [0.15, 0.2) is 77.9 Å². The maximum atomic E-state index is 11.3. The molecule has 0 amide bonds. The number of nitrogens with one attached hydrogen (secondary N) is 1. The van der Waals surface area contributed by atoms with E-state index in [4.69, 9.17) is 9.47 Å². The first-order valence-corrected chi connectivity index (χ1v) is 9.22. The molecule has 0 saturated heterocycles. The first-order valence-electron chi connectivity index (χ1n) is 9.22. The fraction of sp³-hybridized carbons (Fsp3) is 0.130. The van der Waals surface area contributed by atoms with Crippen LogP contribution >= 0.6 is 0 Å². The van der Waals surface area contributed by atoms with Crippen LogP contribution in [0.4, 0.5) is 5.69 Å². The summed E-state index contributed by atoms with van der Waals surface area (Å²) in [6.07, 6.45) is 1.60. The average molecular weight is 390 g/mol. The van der Waals surface area contributed by atoms with Crippen molar-refractivity contribution in [3.8, 4) is 11.5 Å². The fourth-order valence-electron chi connectivity index (χ4n) is 2.67. The molecule has 2 N–H and O–H groups in total. The van der Waals surface area contributed by atoms with E-state index >= 15 is 0 Å². The number of ether oxygens (including phenoxy) is 2. The number of rotatable bonds is 9. The van der Waals surface area contributed by atoms with Crippen LogP contribution in [0.3, 0.4) is 0 Å². The summed E-state index contributed by atoms with van der Waals surface area (Å²) < 4.78 is 11.6. The third kappa shape index (κ3) is 5.59. The highest BCUT2D eigenvalue weighted by atomic mass is 16.5. The molecule has 0 atom stereocenters. The number of hydrogen-bond donors (Lipinski definition) is 2. The van der Waals surface area contributed by atoms with E-state index in [-0.39, 0.29) is 5.56 Å². The van der Waals surface area contributed by atoms with Crippen molar-refractivity contribution in [2.45, 2.75) is 13.5 Å². The Morgan fingerprint density at radius 2 is 1.76 bits per heavy atom. The van der Waals surface area contributed by atoms with Crippen molar-refractivity contribution in [1.29, 1.82) is 0 Å². The summed E-state index contributed by atoms with van der Waals surface area (Å²) in [6, 6.07) is 22.0. The SMILES string of the molecule is CCOc1cc(/C=N\Nc2ccccc2C(=O)O)ccc1OCc1ccccc1. The standard InChI is InChI=1S/C23H22N2O4/c1-2-28-22-14-18(12-13-21(22)29-16-17-8-4-3-5-9-17)15-24-25-20-11-7-6-10-19(20)23(26)27/h3-15,25H,2,16H2,1H3,(H,26,27)/b24-15-. The number of nitrogens with zero attached hydrogens (tertiary/aromatic N) is 1. The van der Waals surface area contributed by atoms with E-state index in [1.165, 1.54) is 6.07 Å². The van der Waals surface area contributed by atoms with Crippen LogP contribution in [0, 0.1) is 0 Å². The maximum absolute atomic E-state index is 11.3. The van der Waals surface area contributed by atoms with E-state index in [9.17, 15) is 9.90 Å². The van der Waals surface area contributed by atoms with Crippen molar-refractivity contribution in [1.82, 2.24) is 0 Å². The van der Waals surface area contributed by atoms with Crippen molar-refractivity contribution in [3.05, 3.63) is 89.5 Å². The molecule has 0 aromatic heterocycles. The van der Waals surface area contributed by atoms with Crippen LogP contribution in [0.2, 0.25) is 0 Å². The molecule has 3 aromatic carbocycles. The molecular formula is C23H22N2O4. The number of benzene rings is 3. The van der Waals surface area contributed by atoms with Gasteiger partial charge in [0, 0.05) is 0 Å². The summed E-state index contributed by atoms with van der Waals surface area (Å²) in [5.41, 5.74) is 5.21. The Kier molecular flexibility index (Phi) is 6.84. The molecule has 6 heteroatoms. The quantitative estimate of drug-likeness (QED) is 0.405. The zero-order valence-corrected chi connectivity index (χ0v) is 16.0. The van der Waals surface area contributed by atoms with E-state index in [0.717, 1.165) is 11.1 Å². The zero-order valence-electron chi connectivity index (χ0n) is 16.0. The number of hydrazone groups is 1. The van der Waals surface area contributed by atoms with Gasteiger partial charge in [-0.05, 0) is 48.4 Å². The molecule has 0 radical (unpaired) electrons. The molecule has 0 spiro atoms. The minimum Gasteiger partial charge on any atom is -0.490 e. The topological polar surface area (TPSA) is 80.2 Å². The second-order valence-corrected chi connectivity index (χ2v) is 6.13. The third-order valence-corrected chi connectivity index (χ3v) is 4.06. The molecule has 148 valence electrons. The number of aromatic carboxylic acids is 1. The van der Waals surface area contributed by atoms with Crippen LogP contribution in [0.1, 0.15) is 28.4 Å². The van der Waals surface area contributed by atoms with Gasteiger partial charge in [-0.25, -0.2) is 4.79 Å². The Balaban J connectivity index is 1.71. The summed E-state index contributed by atoms with van der Waals surface area (Å²) >= 11 is 0. The van der Waals surface area contributed by atoms with Gasteiger partial charge in [0.15, 0.2) is 11.5 Å². The van der Waals surface area contributed by atoms with Gasteiger partial charge in [0.2, 0.25) is 0 Å². The van der Waals surface area contributed by atoms with Crippen molar-refractivity contribution in [2.24, 2.45) is 5.10 Å². The number of hydrogen-bond acceptors (Lipinski definition) is 5. The lowest BCUT2D eigenvalue weighted by atomic mass is 10.2. The Labute approximate surface area is 169 Å². The fourth-order valence-corrected chi connectivity index (χ4v) is 2.67. The largest absolute Gasteiger partial charge is 0.490 e. The predicted octanol–water partition coefficient (Wildman–Crippen LogP) is 4.81. The molecule has 0 aliphatic rings. The second-order valence-electron chi connectivity index (χ2n) is 6.13. The van der Waals surface area contributed by atoms with Gasteiger partial charge in [0.1, 0.15) is 6.61 Å². The maximum Gasteiger partial charge on any atom is 0.337 e. The van der Waals surface area contributed by atoms with Gasteiger partial charge >= 0.3 is 5.97 Å². The number of carboxylic acids is 1. The Morgan fingerprint density at radius 3 is 2.52 bits per heavy atom. The molecule has 0 saturated carbocycles. The van der Waals surface area contributed by atoms with E-state index in [2.05, 4.69) is 10.5 Å². The van der Waals surface area contributed by atoms with Crippen molar-refractivity contribution in [3.63, 3.8) is 0 Å². The van der Waals surface area contributed by atoms with E-state index < -0.39 is 5.97 Å². The average Bonchev–Trinajstić information content (AvgIpc) is 2.74. The van der Waals surface area contributed by atoms with E-state index in [0.29, 0.717) is 30.4 Å². The summed E-state index contributed by atoms with van der Waals surface area (Å²) in [7, 11) is 0. The number of para-hydroxylation sites is 1. The first kappa shape index (κ1) is 19.9. The van der Waals surface area contributed by atoms with Crippen LogP contribution in [-0.2, 0) is 6.61 Å². The number of carbonyl (C=O) groups is 1. The number of anilines is 1. The lowest BCUT2D eigenvalue weighted by molar-refractivity contribution is 0.0698. The summed E-state index contributed by atoms with van der Waals surface area (Å²) in [5.74, 6) is 0.261. The summed E-state index contributed by atoms with van der Waals surface area (Å²) in [5, 5.41) is 13.4. The highest BCUT2D eigenvalue weighted by Gasteiger charge is 2.08. The van der Waals surface area contributed by atoms with Crippen molar-refractivity contribution in [2.75, 3.05) is 12.0 Å². The molecule has 0 unspecified atom stereocenters. The molecule has 3 aromatic rings. The minimum absolute atomic E-state index is 0.157. The van der Waals surface area contributed by atoms with Gasteiger partial charge in [-0.15, -0.1) is 0 Å². The molecule has 0 aliphatic carbocycles. The van der Waals surface area contributed by atoms with Crippen LogP contribution < -0.4 is 14.9 Å². The lowest BCUT2D eigenvalue weighted by Gasteiger charge is -2.12. The Hall–Kier alpha value is -3.80. The molecule has 0 fully saturated rings. The van der Waals surface area contributed by atoms with Crippen LogP contribution in [0.25, 0.3) is 0 Å². The zero-order chi connectivity index (χ0) is 20.5. The molecule has 3 rings (SSSR count). The smallest absolute Gasteiger partial charge is 0.337 e. The Bertz CT molecular complexity index is 987. The van der Waals surface area contributed by atoms with Gasteiger partial charge < -0.3 is 14.6 Å². The van der Waals surface area contributed by atoms with Gasteiger partial charge in [-0.3, -0.25) is 5.43 Å². The monoisotopic (exact) mass is 390 g/mol. The predicted molar refractivity (Wildman–Crippen MR) is 113 cm³/mol. The molecule has 6 nitrogen and oxygen atoms in total. The summed E-state index contributed by atoms with van der Waals surface area (Å²) in [6.45, 7) is 2.86. The molecular weight excluding hydrogens is 368 g/mol. The van der Waals surface area contributed by atoms with E-state index in [1.807, 2.05) is 55.5 Å². The van der Waals surface area contributed by atoms with Crippen molar-refractivity contribution < 1.29 is 19.4 Å².